The Balaban J connectivity index is 1.31. The molecular weight excluding hydrogens is 460 g/mol. The van der Waals surface area contributed by atoms with Gasteiger partial charge in [-0.1, -0.05) is 0 Å². The molecule has 3 aromatic rings. The van der Waals surface area contributed by atoms with Crippen LogP contribution in [0.25, 0.3) is 10.9 Å². The number of carbonyl (C=O) groups excluding carboxylic acids is 2. The van der Waals surface area contributed by atoms with Crippen LogP contribution >= 0.6 is 0 Å². The van der Waals surface area contributed by atoms with Crippen LogP contribution in [0.3, 0.4) is 0 Å². The van der Waals surface area contributed by atoms with Crippen LogP contribution in [0.1, 0.15) is 19.3 Å². The van der Waals surface area contributed by atoms with Crippen LogP contribution in [0.4, 0.5) is 5.69 Å². The van der Waals surface area contributed by atoms with Gasteiger partial charge in [0.15, 0.2) is 11.5 Å². The maximum absolute atomic E-state index is 13.7. The van der Waals surface area contributed by atoms with Crippen LogP contribution in [-0.4, -0.2) is 49.6 Å². The summed E-state index contributed by atoms with van der Waals surface area (Å²) in [5.74, 6) is 2.07. The molecule has 2 heterocycles. The van der Waals surface area contributed by atoms with Gasteiger partial charge in [0.05, 0.1) is 25.3 Å². The van der Waals surface area contributed by atoms with Crippen molar-refractivity contribution < 1.29 is 23.8 Å². The lowest BCUT2D eigenvalue weighted by atomic mass is 10.0. The molecule has 9 nitrogen and oxygen atoms in total. The molecule has 2 aromatic carbocycles. The maximum atomic E-state index is 13.7. The second-order valence-corrected chi connectivity index (χ2v) is 9.85. The van der Waals surface area contributed by atoms with Crippen molar-refractivity contribution in [1.82, 2.24) is 10.3 Å². The van der Waals surface area contributed by atoms with E-state index in [9.17, 15) is 9.59 Å². The van der Waals surface area contributed by atoms with E-state index in [-0.39, 0.29) is 11.4 Å². The highest BCUT2D eigenvalue weighted by Crippen LogP contribution is 2.56. The maximum Gasteiger partial charge on any atom is 0.243 e. The molecular formula is C27H28N4O5. The summed E-state index contributed by atoms with van der Waals surface area (Å²) in [6, 6.07) is 12.9. The topological polar surface area (TPSA) is 116 Å². The minimum absolute atomic E-state index is 0.184. The molecule has 0 spiro atoms. The van der Waals surface area contributed by atoms with Crippen molar-refractivity contribution in [3.63, 3.8) is 0 Å². The molecule has 2 unspecified atom stereocenters. The van der Waals surface area contributed by atoms with Crippen molar-refractivity contribution in [2.75, 3.05) is 32.2 Å². The molecule has 1 aromatic heterocycles. The Kier molecular flexibility index (Phi) is 5.08. The van der Waals surface area contributed by atoms with Gasteiger partial charge in [0.2, 0.25) is 11.8 Å². The SMILES string of the molecule is COc1cc2nccc(Oc3ccc(N(C(=O)C4(C(N)=O)CC4)C45CNCC4C5)cc3)c2cc1OC. The van der Waals surface area contributed by atoms with Gasteiger partial charge < -0.3 is 30.2 Å². The normalized spacial score (nSPS) is 23.0. The molecule has 2 aliphatic carbocycles. The second-order valence-electron chi connectivity index (χ2n) is 9.85. The number of benzene rings is 2. The minimum Gasteiger partial charge on any atom is -0.493 e. The van der Waals surface area contributed by atoms with Gasteiger partial charge in [-0.2, -0.15) is 0 Å². The second kappa shape index (κ2) is 8.09. The Morgan fingerprint density at radius 2 is 1.78 bits per heavy atom. The lowest BCUT2D eigenvalue weighted by Gasteiger charge is -2.33. The van der Waals surface area contributed by atoms with Crippen LogP contribution in [0, 0.1) is 11.3 Å². The number of amides is 2. The number of ether oxygens (including phenoxy) is 3. The largest absolute Gasteiger partial charge is 0.493 e. The van der Waals surface area contributed by atoms with E-state index in [1.165, 1.54) is 0 Å². The highest BCUT2D eigenvalue weighted by atomic mass is 16.5. The van der Waals surface area contributed by atoms with E-state index in [1.54, 1.807) is 32.5 Å². The van der Waals surface area contributed by atoms with E-state index in [1.807, 2.05) is 35.2 Å². The molecule has 0 radical (unpaired) electrons. The average Bonchev–Trinajstić information content (AvgIpc) is 3.80. The summed E-state index contributed by atoms with van der Waals surface area (Å²) >= 11 is 0. The van der Waals surface area contributed by atoms with Gasteiger partial charge in [-0.25, -0.2) is 0 Å². The molecule has 1 saturated heterocycles. The number of piperidine rings is 1. The summed E-state index contributed by atoms with van der Waals surface area (Å²) in [4.78, 5) is 32.1. The molecule has 2 atom stereocenters. The molecule has 186 valence electrons. The molecule has 1 aliphatic heterocycles. The van der Waals surface area contributed by atoms with Crippen LogP contribution in [-0.2, 0) is 9.59 Å². The number of methoxy groups -OCH3 is 2. The monoisotopic (exact) mass is 488 g/mol. The lowest BCUT2D eigenvalue weighted by Crippen LogP contribution is -2.52. The number of pyridine rings is 1. The van der Waals surface area contributed by atoms with Gasteiger partial charge in [0.25, 0.3) is 0 Å². The van der Waals surface area contributed by atoms with E-state index in [2.05, 4.69) is 10.3 Å². The van der Waals surface area contributed by atoms with E-state index >= 15 is 0 Å². The van der Waals surface area contributed by atoms with Crippen LogP contribution in [0.5, 0.6) is 23.0 Å². The number of aromatic nitrogens is 1. The van der Waals surface area contributed by atoms with E-state index in [4.69, 9.17) is 19.9 Å². The smallest absolute Gasteiger partial charge is 0.243 e. The summed E-state index contributed by atoms with van der Waals surface area (Å²) in [6.45, 7) is 1.59. The van der Waals surface area contributed by atoms with Crippen molar-refractivity contribution in [3.8, 4) is 23.0 Å². The number of nitrogens with one attached hydrogen (secondary N) is 1. The average molecular weight is 489 g/mol. The fraction of sp³-hybridized carbons (Fsp3) is 0.370. The number of carbonyl (C=O) groups is 2. The highest BCUT2D eigenvalue weighted by Gasteiger charge is 2.67. The van der Waals surface area contributed by atoms with E-state index in [0.717, 1.165) is 24.0 Å². The number of hydrogen-bond acceptors (Lipinski definition) is 7. The molecule has 9 heteroatoms. The number of primary amides is 1. The lowest BCUT2D eigenvalue weighted by molar-refractivity contribution is -0.134. The summed E-state index contributed by atoms with van der Waals surface area (Å²) in [6.07, 6.45) is 3.62. The Morgan fingerprint density at radius 3 is 2.36 bits per heavy atom. The zero-order valence-electron chi connectivity index (χ0n) is 20.2. The molecule has 2 saturated carbocycles. The fourth-order valence-electron chi connectivity index (χ4n) is 5.47. The Bertz CT molecular complexity index is 1370. The number of nitrogens with zero attached hydrogens (tertiary/aromatic N) is 2. The molecule has 0 bridgehead atoms. The van der Waals surface area contributed by atoms with Gasteiger partial charge in [0.1, 0.15) is 16.9 Å². The van der Waals surface area contributed by atoms with E-state index < -0.39 is 11.3 Å². The number of anilines is 1. The highest BCUT2D eigenvalue weighted by molar-refractivity contribution is 6.14. The zero-order valence-corrected chi connectivity index (χ0v) is 20.2. The summed E-state index contributed by atoms with van der Waals surface area (Å²) < 4.78 is 17.0. The van der Waals surface area contributed by atoms with Crippen LogP contribution in [0.15, 0.2) is 48.7 Å². The predicted molar refractivity (Wildman–Crippen MR) is 133 cm³/mol. The van der Waals surface area contributed by atoms with Gasteiger partial charge in [-0.05, 0) is 61.6 Å². The first-order valence-corrected chi connectivity index (χ1v) is 12.1. The third-order valence-corrected chi connectivity index (χ3v) is 7.83. The van der Waals surface area contributed by atoms with Crippen LogP contribution < -0.4 is 30.2 Å². The molecule has 6 rings (SSSR count). The van der Waals surface area contributed by atoms with Gasteiger partial charge >= 0.3 is 0 Å². The molecule has 3 aliphatic rings. The third-order valence-electron chi connectivity index (χ3n) is 7.83. The summed E-state index contributed by atoms with van der Waals surface area (Å²) in [5, 5.41) is 4.17. The van der Waals surface area contributed by atoms with Crippen molar-refractivity contribution in [1.29, 1.82) is 0 Å². The Labute approximate surface area is 208 Å². The molecule has 3 N–H and O–H groups in total. The Morgan fingerprint density at radius 1 is 1.06 bits per heavy atom. The summed E-state index contributed by atoms with van der Waals surface area (Å²) in [5.41, 5.74) is 5.75. The number of nitrogens with two attached hydrogens (primary N) is 1. The first-order valence-electron chi connectivity index (χ1n) is 12.1. The quantitative estimate of drug-likeness (QED) is 0.468. The predicted octanol–water partition coefficient (Wildman–Crippen LogP) is 3.00. The zero-order chi connectivity index (χ0) is 25.1. The number of hydrogen-bond donors (Lipinski definition) is 2. The Hall–Kier alpha value is -3.85. The van der Waals surface area contributed by atoms with Gasteiger partial charge in [-0.3, -0.25) is 14.6 Å². The minimum atomic E-state index is -1.07. The molecule has 36 heavy (non-hydrogen) atoms. The van der Waals surface area contributed by atoms with Crippen molar-refractivity contribution in [3.05, 3.63) is 48.7 Å². The van der Waals surface area contributed by atoms with Gasteiger partial charge in [0, 0.05) is 36.4 Å². The van der Waals surface area contributed by atoms with E-state index in [0.29, 0.717) is 53.8 Å². The van der Waals surface area contributed by atoms with Gasteiger partial charge in [-0.15, -0.1) is 0 Å². The first-order chi connectivity index (χ1) is 17.4. The third kappa shape index (κ3) is 3.37. The molecule has 2 amide bonds. The first kappa shape index (κ1) is 22.6. The van der Waals surface area contributed by atoms with Crippen molar-refractivity contribution >= 4 is 28.4 Å². The fourth-order valence-corrected chi connectivity index (χ4v) is 5.47. The molecule has 3 fully saturated rings. The summed E-state index contributed by atoms with van der Waals surface area (Å²) in [7, 11) is 3.17. The standard InChI is InChI=1S/C27H28N4O5/c1-34-22-11-19-20(12-23(22)35-2)30-10-7-21(19)36-18-5-3-17(4-6-18)31(27-13-16(27)14-29-15-27)25(33)26(8-9-26)24(28)32/h3-7,10-12,16,29H,8-9,13-15H2,1-2H3,(H2,28,32). The van der Waals surface area contributed by atoms with Crippen molar-refractivity contribution in [2.24, 2.45) is 17.1 Å². The number of rotatable bonds is 8. The van der Waals surface area contributed by atoms with Crippen LogP contribution in [0.2, 0.25) is 0 Å². The number of fused-ring (bicyclic) bond motifs is 2. The van der Waals surface area contributed by atoms with Crippen molar-refractivity contribution in [2.45, 2.75) is 24.8 Å².